The summed E-state index contributed by atoms with van der Waals surface area (Å²) in [5.74, 6) is -0.653. The molecule has 0 unspecified atom stereocenters. The van der Waals surface area contributed by atoms with Crippen molar-refractivity contribution >= 4 is 28.9 Å². The van der Waals surface area contributed by atoms with Crippen molar-refractivity contribution in [3.05, 3.63) is 50.6 Å². The van der Waals surface area contributed by atoms with Crippen molar-refractivity contribution in [1.29, 1.82) is 0 Å². The summed E-state index contributed by atoms with van der Waals surface area (Å²) in [5.41, 5.74) is -0.548. The van der Waals surface area contributed by atoms with Crippen LogP contribution in [0.4, 0.5) is 17.1 Å². The van der Waals surface area contributed by atoms with Crippen LogP contribution in [0.15, 0.2) is 30.4 Å². The number of nitrogens with zero attached hydrogens (tertiary/aromatic N) is 3. The minimum Gasteiger partial charge on any atom is -0.377 e. The molecule has 1 aliphatic rings. The zero-order valence-electron chi connectivity index (χ0n) is 22.0. The lowest BCUT2D eigenvalue weighted by Gasteiger charge is -2.13. The monoisotopic (exact) mass is 570 g/mol. The number of rotatable bonds is 24. The molecule has 0 aliphatic carbocycles. The minimum atomic E-state index is -0.689. The molecule has 1 heterocycles. The summed E-state index contributed by atoms with van der Waals surface area (Å²) in [5, 5.41) is 24.7. The lowest BCUT2D eigenvalue weighted by atomic mass is 10.2. The molecule has 1 aromatic carbocycles. The van der Waals surface area contributed by atoms with E-state index < -0.39 is 9.85 Å². The maximum Gasteiger partial charge on any atom is 0.299 e. The van der Waals surface area contributed by atoms with Crippen LogP contribution in [0.25, 0.3) is 0 Å². The summed E-state index contributed by atoms with van der Waals surface area (Å²) < 4.78 is 32.3. The average Bonchev–Trinajstić information content (AvgIpc) is 3.25. The van der Waals surface area contributed by atoms with Gasteiger partial charge in [-0.3, -0.25) is 34.7 Å². The number of nitrogens with one attached hydrogen (secondary N) is 1. The van der Waals surface area contributed by atoms with E-state index in [-0.39, 0.29) is 55.2 Å². The third-order valence-electron chi connectivity index (χ3n) is 5.17. The predicted octanol–water partition coefficient (Wildman–Crippen LogP) is 0.940. The van der Waals surface area contributed by atoms with Crippen molar-refractivity contribution in [2.75, 3.05) is 97.7 Å². The van der Waals surface area contributed by atoms with Gasteiger partial charge in [-0.05, 0) is 6.07 Å². The van der Waals surface area contributed by atoms with Crippen molar-refractivity contribution in [3.63, 3.8) is 0 Å². The molecule has 0 saturated heterocycles. The fourth-order valence-electron chi connectivity index (χ4n) is 3.20. The van der Waals surface area contributed by atoms with Crippen LogP contribution in [0.1, 0.15) is 0 Å². The molecule has 1 aromatic rings. The van der Waals surface area contributed by atoms with Gasteiger partial charge in [0, 0.05) is 24.8 Å². The molecule has 0 spiro atoms. The predicted molar refractivity (Wildman–Crippen MR) is 139 cm³/mol. The van der Waals surface area contributed by atoms with Crippen molar-refractivity contribution in [2.45, 2.75) is 0 Å². The van der Waals surface area contributed by atoms with E-state index in [0.717, 1.165) is 11.0 Å². The van der Waals surface area contributed by atoms with Crippen LogP contribution in [0.5, 0.6) is 0 Å². The number of hydrogen-bond donors (Lipinski definition) is 1. The number of nitro groups is 2. The summed E-state index contributed by atoms with van der Waals surface area (Å²) in [4.78, 5) is 44.4. The van der Waals surface area contributed by atoms with Crippen LogP contribution in [-0.4, -0.2) is 119 Å². The topological polar surface area (TPSA) is 191 Å². The fraction of sp³-hybridized carbons (Fsp3) is 0.583. The highest BCUT2D eigenvalue weighted by Gasteiger charge is 2.22. The van der Waals surface area contributed by atoms with Gasteiger partial charge in [0.25, 0.3) is 23.2 Å². The number of imide groups is 1. The van der Waals surface area contributed by atoms with E-state index in [1.54, 1.807) is 0 Å². The van der Waals surface area contributed by atoms with Gasteiger partial charge in [0.1, 0.15) is 5.69 Å². The molecule has 222 valence electrons. The maximum atomic E-state index is 11.4. The highest BCUT2D eigenvalue weighted by molar-refractivity contribution is 6.12. The van der Waals surface area contributed by atoms with Gasteiger partial charge in [-0.15, -0.1) is 0 Å². The smallest absolute Gasteiger partial charge is 0.299 e. The Hall–Kier alpha value is -3.54. The lowest BCUT2D eigenvalue weighted by molar-refractivity contribution is -0.393. The van der Waals surface area contributed by atoms with Gasteiger partial charge in [-0.1, -0.05) is 0 Å². The SMILES string of the molecule is O=C1C=CC(=O)N1CCOCCOCCOCCOCCOCCOCCNc1ccc([N+](=O)[O-])cc1[N+](=O)[O-]. The van der Waals surface area contributed by atoms with Crippen molar-refractivity contribution < 1.29 is 47.9 Å². The Kier molecular flexibility index (Phi) is 15.9. The number of ether oxygens (including phenoxy) is 6. The molecule has 0 fully saturated rings. The van der Waals surface area contributed by atoms with Gasteiger partial charge in [-0.25, -0.2) is 0 Å². The Labute approximate surface area is 230 Å². The van der Waals surface area contributed by atoms with Gasteiger partial charge < -0.3 is 33.7 Å². The molecule has 1 aliphatic heterocycles. The number of nitro benzene ring substituents is 2. The lowest BCUT2D eigenvalue weighted by Crippen LogP contribution is -2.33. The van der Waals surface area contributed by atoms with Crippen LogP contribution >= 0.6 is 0 Å². The van der Waals surface area contributed by atoms with Gasteiger partial charge in [0.05, 0.1) is 102 Å². The molecular weight excluding hydrogens is 536 g/mol. The van der Waals surface area contributed by atoms with E-state index in [0.29, 0.717) is 66.1 Å². The summed E-state index contributed by atoms with van der Waals surface area (Å²) in [7, 11) is 0. The molecular formula is C24H34N4O12. The molecule has 16 heteroatoms. The second-order valence-corrected chi connectivity index (χ2v) is 7.98. The van der Waals surface area contributed by atoms with Crippen LogP contribution in [-0.2, 0) is 38.0 Å². The van der Waals surface area contributed by atoms with E-state index in [1.807, 2.05) is 0 Å². The van der Waals surface area contributed by atoms with Gasteiger partial charge in [0.2, 0.25) is 0 Å². The highest BCUT2D eigenvalue weighted by Crippen LogP contribution is 2.28. The van der Waals surface area contributed by atoms with Gasteiger partial charge in [-0.2, -0.15) is 0 Å². The van der Waals surface area contributed by atoms with Crippen LogP contribution in [0.2, 0.25) is 0 Å². The third-order valence-corrected chi connectivity index (χ3v) is 5.17. The van der Waals surface area contributed by atoms with E-state index in [1.165, 1.54) is 24.3 Å². The number of amides is 2. The number of hydrogen-bond acceptors (Lipinski definition) is 13. The first-order valence-electron chi connectivity index (χ1n) is 12.6. The Bertz CT molecular complexity index is 973. The molecule has 0 aromatic heterocycles. The fourth-order valence-corrected chi connectivity index (χ4v) is 3.20. The Morgan fingerprint density at radius 2 is 1.10 bits per heavy atom. The molecule has 1 N–H and O–H groups in total. The Morgan fingerprint density at radius 3 is 1.55 bits per heavy atom. The summed E-state index contributed by atoms with van der Waals surface area (Å²) in [6, 6.07) is 3.40. The van der Waals surface area contributed by atoms with Crippen molar-refractivity contribution in [1.82, 2.24) is 4.90 Å². The van der Waals surface area contributed by atoms with Crippen molar-refractivity contribution in [2.24, 2.45) is 0 Å². The molecule has 2 rings (SSSR count). The third kappa shape index (κ3) is 13.0. The normalized spacial score (nSPS) is 12.8. The van der Waals surface area contributed by atoms with E-state index in [4.69, 9.17) is 28.4 Å². The summed E-state index contributed by atoms with van der Waals surface area (Å²) in [6.45, 7) is 4.84. The number of carbonyl (C=O) groups is 2. The molecule has 0 bridgehead atoms. The molecule has 0 atom stereocenters. The summed E-state index contributed by atoms with van der Waals surface area (Å²) >= 11 is 0. The first kappa shape index (κ1) is 32.7. The quantitative estimate of drug-likeness (QED) is 0.0800. The Morgan fingerprint density at radius 1 is 0.650 bits per heavy atom. The first-order chi connectivity index (χ1) is 19.4. The van der Waals surface area contributed by atoms with E-state index in [2.05, 4.69) is 5.32 Å². The van der Waals surface area contributed by atoms with Crippen LogP contribution < -0.4 is 5.32 Å². The standard InChI is InChI=1S/C24H34N4O12/c29-23-3-4-24(30)26(23)6-8-36-10-12-38-14-16-40-18-17-39-15-13-37-11-9-35-7-5-25-21-2-1-20(27(31)32)19-22(21)28(33)34/h1-4,19,25H,5-18H2. The molecule has 0 saturated carbocycles. The highest BCUT2D eigenvalue weighted by atomic mass is 16.6. The number of benzene rings is 1. The van der Waals surface area contributed by atoms with Crippen LogP contribution in [0, 0.1) is 20.2 Å². The second-order valence-electron chi connectivity index (χ2n) is 7.98. The van der Waals surface area contributed by atoms with Gasteiger partial charge in [0.15, 0.2) is 0 Å². The Balaban J connectivity index is 1.30. The first-order valence-corrected chi connectivity index (χ1v) is 12.6. The number of anilines is 1. The van der Waals surface area contributed by atoms with E-state index in [9.17, 15) is 29.8 Å². The number of carbonyl (C=O) groups excluding carboxylic acids is 2. The molecule has 40 heavy (non-hydrogen) atoms. The van der Waals surface area contributed by atoms with Gasteiger partial charge >= 0.3 is 0 Å². The maximum absolute atomic E-state index is 11.4. The van der Waals surface area contributed by atoms with Crippen LogP contribution in [0.3, 0.4) is 0 Å². The molecule has 16 nitrogen and oxygen atoms in total. The summed E-state index contributed by atoms with van der Waals surface area (Å²) in [6.07, 6.45) is 2.47. The largest absolute Gasteiger partial charge is 0.377 e. The number of non-ortho nitro benzene ring substituents is 1. The van der Waals surface area contributed by atoms with E-state index >= 15 is 0 Å². The second kappa shape index (κ2) is 19.5. The zero-order chi connectivity index (χ0) is 29.0. The molecule has 2 amide bonds. The average molecular weight is 571 g/mol. The zero-order valence-corrected chi connectivity index (χ0v) is 22.0. The molecule has 0 radical (unpaired) electrons. The minimum absolute atomic E-state index is 0.177. The van der Waals surface area contributed by atoms with Crippen molar-refractivity contribution in [3.8, 4) is 0 Å².